The first-order valence-corrected chi connectivity index (χ1v) is 3.78. The highest BCUT2D eigenvalue weighted by Crippen LogP contribution is 2.17. The molecular formula is C7H14O4. The Bertz CT molecular complexity index is 126. The second-order valence-corrected chi connectivity index (χ2v) is 2.92. The van der Waals surface area contributed by atoms with Crippen LogP contribution in [0.2, 0.25) is 0 Å². The van der Waals surface area contributed by atoms with Crippen LogP contribution in [0.5, 0.6) is 0 Å². The average molecular weight is 162 g/mol. The molecule has 0 aliphatic carbocycles. The highest BCUT2D eigenvalue weighted by molar-refractivity contribution is 4.83. The molecule has 0 radical (unpaired) electrons. The van der Waals surface area contributed by atoms with Gasteiger partial charge in [-0.2, -0.15) is 0 Å². The smallest absolute Gasteiger partial charge is 0.111 e. The van der Waals surface area contributed by atoms with Crippen molar-refractivity contribution in [1.82, 2.24) is 0 Å². The van der Waals surface area contributed by atoms with Gasteiger partial charge < -0.3 is 20.1 Å². The molecule has 1 aliphatic heterocycles. The van der Waals surface area contributed by atoms with E-state index in [1.54, 1.807) is 0 Å². The molecular weight excluding hydrogens is 148 g/mol. The third-order valence-electron chi connectivity index (χ3n) is 1.93. The van der Waals surface area contributed by atoms with E-state index in [1.165, 1.54) is 6.92 Å². The summed E-state index contributed by atoms with van der Waals surface area (Å²) >= 11 is 0. The maximum atomic E-state index is 9.27. The molecule has 0 aromatic rings. The van der Waals surface area contributed by atoms with E-state index in [9.17, 15) is 5.11 Å². The number of rotatable bonds is 1. The van der Waals surface area contributed by atoms with Crippen LogP contribution in [0.4, 0.5) is 0 Å². The topological polar surface area (TPSA) is 69.9 Å². The van der Waals surface area contributed by atoms with Crippen LogP contribution >= 0.6 is 0 Å². The van der Waals surface area contributed by atoms with Crippen molar-refractivity contribution in [1.29, 1.82) is 0 Å². The number of ether oxygens (including phenoxy) is 1. The molecule has 66 valence electrons. The van der Waals surface area contributed by atoms with Crippen LogP contribution in [0.25, 0.3) is 0 Å². The predicted octanol–water partition coefficient (Wildman–Crippen LogP) is -1.12. The Morgan fingerprint density at radius 1 is 1.45 bits per heavy atom. The number of aliphatic hydroxyl groups excluding tert-OH is 3. The maximum Gasteiger partial charge on any atom is 0.111 e. The summed E-state index contributed by atoms with van der Waals surface area (Å²) in [7, 11) is 0. The Morgan fingerprint density at radius 3 is 2.55 bits per heavy atom. The van der Waals surface area contributed by atoms with Gasteiger partial charge in [-0.1, -0.05) is 0 Å². The molecule has 1 aliphatic rings. The molecule has 4 atom stereocenters. The van der Waals surface area contributed by atoms with Gasteiger partial charge in [0.05, 0.1) is 12.2 Å². The van der Waals surface area contributed by atoms with Crippen molar-refractivity contribution >= 4 is 0 Å². The monoisotopic (exact) mass is 162 g/mol. The highest BCUT2D eigenvalue weighted by atomic mass is 16.5. The van der Waals surface area contributed by atoms with Crippen molar-refractivity contribution in [3.05, 3.63) is 0 Å². The van der Waals surface area contributed by atoms with Gasteiger partial charge in [-0.3, -0.25) is 0 Å². The summed E-state index contributed by atoms with van der Waals surface area (Å²) in [5.74, 6) is 0. The molecule has 11 heavy (non-hydrogen) atoms. The lowest BCUT2D eigenvalue weighted by atomic mass is 9.99. The first kappa shape index (κ1) is 8.93. The van der Waals surface area contributed by atoms with Crippen LogP contribution in [0.1, 0.15) is 13.3 Å². The van der Waals surface area contributed by atoms with E-state index in [4.69, 9.17) is 14.9 Å². The van der Waals surface area contributed by atoms with Gasteiger partial charge in [0.1, 0.15) is 12.2 Å². The molecule has 3 N–H and O–H groups in total. The Hall–Kier alpha value is -0.160. The van der Waals surface area contributed by atoms with Crippen LogP contribution < -0.4 is 0 Å². The van der Waals surface area contributed by atoms with Gasteiger partial charge in [-0.05, 0) is 13.3 Å². The first-order chi connectivity index (χ1) is 5.13. The summed E-state index contributed by atoms with van der Waals surface area (Å²) in [5.41, 5.74) is 0. The fourth-order valence-corrected chi connectivity index (χ4v) is 1.24. The summed E-state index contributed by atoms with van der Waals surface area (Å²) in [5, 5.41) is 27.5. The Kier molecular flexibility index (Phi) is 2.84. The largest absolute Gasteiger partial charge is 0.391 e. The molecule has 0 saturated carbocycles. The molecule has 1 rings (SSSR count). The van der Waals surface area contributed by atoms with Crippen LogP contribution in [0.3, 0.4) is 0 Å². The Labute approximate surface area is 65.4 Å². The summed E-state index contributed by atoms with van der Waals surface area (Å²) in [6, 6.07) is 0. The Morgan fingerprint density at radius 2 is 2.09 bits per heavy atom. The van der Waals surface area contributed by atoms with E-state index in [2.05, 4.69) is 0 Å². The summed E-state index contributed by atoms with van der Waals surface area (Å²) in [4.78, 5) is 0. The van der Waals surface area contributed by atoms with E-state index in [-0.39, 0.29) is 0 Å². The molecule has 1 heterocycles. The SMILES string of the molecule is C[C@@H](O)C1OCCC(O)C1O. The molecule has 1 fully saturated rings. The van der Waals surface area contributed by atoms with E-state index in [1.807, 2.05) is 0 Å². The molecule has 4 heteroatoms. The lowest BCUT2D eigenvalue weighted by molar-refractivity contribution is -0.166. The van der Waals surface area contributed by atoms with Gasteiger partial charge in [0, 0.05) is 6.61 Å². The lowest BCUT2D eigenvalue weighted by Crippen LogP contribution is -2.49. The summed E-state index contributed by atoms with van der Waals surface area (Å²) in [6.07, 6.45) is -2.66. The zero-order valence-electron chi connectivity index (χ0n) is 6.47. The van der Waals surface area contributed by atoms with E-state index < -0.39 is 24.4 Å². The van der Waals surface area contributed by atoms with Crippen LogP contribution in [-0.2, 0) is 4.74 Å². The third kappa shape index (κ3) is 1.90. The molecule has 4 nitrogen and oxygen atoms in total. The average Bonchev–Trinajstić information content (AvgIpc) is 1.94. The quantitative estimate of drug-likeness (QED) is 0.456. The second kappa shape index (κ2) is 3.49. The molecule has 0 amide bonds. The van der Waals surface area contributed by atoms with Crippen molar-refractivity contribution in [2.24, 2.45) is 0 Å². The van der Waals surface area contributed by atoms with Crippen molar-refractivity contribution in [2.45, 2.75) is 37.8 Å². The van der Waals surface area contributed by atoms with Gasteiger partial charge in [-0.25, -0.2) is 0 Å². The highest BCUT2D eigenvalue weighted by Gasteiger charge is 2.34. The maximum absolute atomic E-state index is 9.27. The van der Waals surface area contributed by atoms with Crippen LogP contribution in [0, 0.1) is 0 Å². The van der Waals surface area contributed by atoms with Gasteiger partial charge in [-0.15, -0.1) is 0 Å². The second-order valence-electron chi connectivity index (χ2n) is 2.92. The third-order valence-corrected chi connectivity index (χ3v) is 1.93. The molecule has 1 saturated heterocycles. The zero-order valence-corrected chi connectivity index (χ0v) is 6.47. The van der Waals surface area contributed by atoms with Crippen LogP contribution in [0.15, 0.2) is 0 Å². The standard InChI is InChI=1S/C7H14O4/c1-4(8)7-6(10)5(9)2-3-11-7/h4-10H,2-3H2,1H3/t4-,5?,6?,7?/m1/s1. The van der Waals surface area contributed by atoms with E-state index in [0.717, 1.165) is 0 Å². The predicted molar refractivity (Wildman–Crippen MR) is 38.1 cm³/mol. The number of aliphatic hydroxyl groups is 3. The Balaban J connectivity index is 2.51. The van der Waals surface area contributed by atoms with Gasteiger partial charge in [0.25, 0.3) is 0 Å². The van der Waals surface area contributed by atoms with Gasteiger partial charge >= 0.3 is 0 Å². The molecule has 0 spiro atoms. The van der Waals surface area contributed by atoms with Crippen molar-refractivity contribution < 1.29 is 20.1 Å². The zero-order chi connectivity index (χ0) is 8.43. The van der Waals surface area contributed by atoms with Crippen LogP contribution in [-0.4, -0.2) is 46.3 Å². The van der Waals surface area contributed by atoms with Crippen molar-refractivity contribution in [2.75, 3.05) is 6.61 Å². The van der Waals surface area contributed by atoms with E-state index >= 15 is 0 Å². The lowest BCUT2D eigenvalue weighted by Gasteiger charge is -2.33. The fraction of sp³-hybridized carbons (Fsp3) is 1.00. The molecule has 3 unspecified atom stereocenters. The molecule has 0 bridgehead atoms. The molecule has 0 aromatic heterocycles. The van der Waals surface area contributed by atoms with Gasteiger partial charge in [0.15, 0.2) is 0 Å². The minimum Gasteiger partial charge on any atom is -0.391 e. The van der Waals surface area contributed by atoms with E-state index in [0.29, 0.717) is 13.0 Å². The number of hydrogen-bond acceptors (Lipinski definition) is 4. The van der Waals surface area contributed by atoms with Crippen molar-refractivity contribution in [3.8, 4) is 0 Å². The van der Waals surface area contributed by atoms with Crippen molar-refractivity contribution in [3.63, 3.8) is 0 Å². The minimum atomic E-state index is -0.955. The number of hydrogen-bond donors (Lipinski definition) is 3. The summed E-state index contributed by atoms with van der Waals surface area (Å²) in [6.45, 7) is 1.93. The normalized spacial score (nSPS) is 42.0. The van der Waals surface area contributed by atoms with Gasteiger partial charge in [0.2, 0.25) is 0 Å². The fourth-order valence-electron chi connectivity index (χ4n) is 1.24. The minimum absolute atomic E-state index is 0.397. The molecule has 0 aromatic carbocycles. The first-order valence-electron chi connectivity index (χ1n) is 3.78. The summed E-state index contributed by atoms with van der Waals surface area (Å²) < 4.78 is 5.06.